The Balaban J connectivity index is 2.21. The molecule has 0 unspecified atom stereocenters. The second kappa shape index (κ2) is 4.03. The molecule has 0 fully saturated rings. The van der Waals surface area contributed by atoms with Crippen molar-refractivity contribution in [2.75, 3.05) is 5.73 Å². The lowest BCUT2D eigenvalue weighted by molar-refractivity contribution is 0.633. The summed E-state index contributed by atoms with van der Waals surface area (Å²) >= 11 is 0. The van der Waals surface area contributed by atoms with Crippen molar-refractivity contribution in [3.8, 4) is 6.07 Å². The summed E-state index contributed by atoms with van der Waals surface area (Å²) in [5, 5.41) is 16.4. The number of hydrogen-bond donors (Lipinski definition) is 1. The molecule has 2 rings (SSSR count). The van der Waals surface area contributed by atoms with Gasteiger partial charge in [-0.1, -0.05) is 17.3 Å². The Morgan fingerprint density at radius 1 is 1.38 bits per heavy atom. The van der Waals surface area contributed by atoms with E-state index in [2.05, 4.69) is 16.4 Å². The van der Waals surface area contributed by atoms with E-state index in [1.54, 1.807) is 16.8 Å². The molecule has 0 bridgehead atoms. The van der Waals surface area contributed by atoms with Gasteiger partial charge in [0.1, 0.15) is 0 Å². The van der Waals surface area contributed by atoms with Crippen molar-refractivity contribution in [3.63, 3.8) is 0 Å². The van der Waals surface area contributed by atoms with Crippen LogP contribution in [0.25, 0.3) is 0 Å². The van der Waals surface area contributed by atoms with Crippen LogP contribution < -0.4 is 5.73 Å². The normalized spacial score (nSPS) is 10.0. The first-order valence-electron chi connectivity index (χ1n) is 4.85. The molecule has 0 radical (unpaired) electrons. The largest absolute Gasteiger partial charge is 0.381 e. The summed E-state index contributed by atoms with van der Waals surface area (Å²) in [7, 11) is 0. The standard InChI is InChI=1S/C11H11N5/c1-8-11(13)14-15-16(8)7-10-4-2-9(6-12)3-5-10/h2-5H,7,13H2,1H3. The zero-order valence-electron chi connectivity index (χ0n) is 8.88. The van der Waals surface area contributed by atoms with Crippen LogP contribution in [0.1, 0.15) is 16.8 Å². The molecule has 0 aliphatic rings. The van der Waals surface area contributed by atoms with Crippen LogP contribution in [0, 0.1) is 18.3 Å². The summed E-state index contributed by atoms with van der Waals surface area (Å²) in [5.74, 6) is 0.452. The number of hydrogen-bond acceptors (Lipinski definition) is 4. The van der Waals surface area contributed by atoms with Gasteiger partial charge in [0.05, 0.1) is 23.9 Å². The predicted octanol–water partition coefficient (Wildman–Crippen LogP) is 1.09. The molecule has 0 spiro atoms. The molecular weight excluding hydrogens is 202 g/mol. The van der Waals surface area contributed by atoms with Gasteiger partial charge in [-0.05, 0) is 24.6 Å². The first kappa shape index (κ1) is 10.2. The lowest BCUT2D eigenvalue weighted by Crippen LogP contribution is -2.04. The molecule has 2 aromatic rings. The summed E-state index contributed by atoms with van der Waals surface area (Å²) in [6.45, 7) is 2.49. The van der Waals surface area contributed by atoms with E-state index in [1.807, 2.05) is 19.1 Å². The highest BCUT2D eigenvalue weighted by molar-refractivity contribution is 5.34. The van der Waals surface area contributed by atoms with Crippen molar-refractivity contribution in [1.29, 1.82) is 5.26 Å². The molecule has 1 aromatic carbocycles. The summed E-state index contributed by atoms with van der Waals surface area (Å²) in [4.78, 5) is 0. The third kappa shape index (κ3) is 1.86. The van der Waals surface area contributed by atoms with Crippen molar-refractivity contribution in [2.24, 2.45) is 0 Å². The monoisotopic (exact) mass is 213 g/mol. The molecule has 5 nitrogen and oxygen atoms in total. The lowest BCUT2D eigenvalue weighted by atomic mass is 10.1. The van der Waals surface area contributed by atoms with E-state index in [1.165, 1.54) is 0 Å². The minimum atomic E-state index is 0.452. The van der Waals surface area contributed by atoms with Crippen molar-refractivity contribution in [1.82, 2.24) is 15.0 Å². The Morgan fingerprint density at radius 2 is 2.06 bits per heavy atom. The fraction of sp³-hybridized carbons (Fsp3) is 0.182. The Morgan fingerprint density at radius 3 is 2.56 bits per heavy atom. The Labute approximate surface area is 93.1 Å². The molecule has 1 heterocycles. The van der Waals surface area contributed by atoms with Gasteiger partial charge in [-0.25, -0.2) is 4.68 Å². The van der Waals surface area contributed by atoms with Gasteiger partial charge in [0, 0.05) is 0 Å². The van der Waals surface area contributed by atoms with E-state index < -0.39 is 0 Å². The molecule has 0 amide bonds. The highest BCUT2D eigenvalue weighted by atomic mass is 15.4. The molecule has 1 aromatic heterocycles. The third-order valence-electron chi connectivity index (χ3n) is 2.43. The van der Waals surface area contributed by atoms with Crippen LogP contribution in [0.15, 0.2) is 24.3 Å². The van der Waals surface area contributed by atoms with Gasteiger partial charge in [0.25, 0.3) is 0 Å². The number of nitrogen functional groups attached to an aromatic ring is 1. The lowest BCUT2D eigenvalue weighted by Gasteiger charge is -2.03. The van der Waals surface area contributed by atoms with E-state index in [0.29, 0.717) is 17.9 Å². The van der Waals surface area contributed by atoms with Crippen molar-refractivity contribution >= 4 is 5.82 Å². The molecule has 0 atom stereocenters. The van der Waals surface area contributed by atoms with Crippen molar-refractivity contribution in [2.45, 2.75) is 13.5 Å². The molecule has 2 N–H and O–H groups in total. The van der Waals surface area contributed by atoms with Crippen LogP contribution >= 0.6 is 0 Å². The van der Waals surface area contributed by atoms with E-state index in [9.17, 15) is 0 Å². The van der Waals surface area contributed by atoms with E-state index in [4.69, 9.17) is 11.0 Å². The minimum Gasteiger partial charge on any atom is -0.381 e. The minimum absolute atomic E-state index is 0.452. The summed E-state index contributed by atoms with van der Waals surface area (Å²) in [5.41, 5.74) is 8.17. The van der Waals surface area contributed by atoms with Gasteiger partial charge in [-0.3, -0.25) is 0 Å². The van der Waals surface area contributed by atoms with Crippen LogP contribution in [-0.2, 0) is 6.54 Å². The molecule has 0 aliphatic heterocycles. The number of benzene rings is 1. The predicted molar refractivity (Wildman–Crippen MR) is 59.4 cm³/mol. The number of rotatable bonds is 2. The molecular formula is C11H11N5. The number of nitrogens with zero attached hydrogens (tertiary/aromatic N) is 4. The number of nitrogens with two attached hydrogens (primary N) is 1. The smallest absolute Gasteiger partial charge is 0.168 e. The highest BCUT2D eigenvalue weighted by Gasteiger charge is 2.04. The second-order valence-electron chi connectivity index (χ2n) is 3.53. The van der Waals surface area contributed by atoms with Crippen molar-refractivity contribution < 1.29 is 0 Å². The maximum absolute atomic E-state index is 8.67. The van der Waals surface area contributed by atoms with Gasteiger partial charge in [0.2, 0.25) is 0 Å². The number of anilines is 1. The van der Waals surface area contributed by atoms with Gasteiger partial charge < -0.3 is 5.73 Å². The molecule has 0 aliphatic carbocycles. The number of nitriles is 1. The van der Waals surface area contributed by atoms with Crippen LogP contribution in [0.5, 0.6) is 0 Å². The average molecular weight is 213 g/mol. The Bertz CT molecular complexity index is 532. The summed E-state index contributed by atoms with van der Waals surface area (Å²) < 4.78 is 1.73. The van der Waals surface area contributed by atoms with E-state index >= 15 is 0 Å². The third-order valence-corrected chi connectivity index (χ3v) is 2.43. The number of aromatic nitrogens is 3. The molecule has 16 heavy (non-hydrogen) atoms. The highest BCUT2D eigenvalue weighted by Crippen LogP contribution is 2.09. The van der Waals surface area contributed by atoms with Gasteiger partial charge in [-0.15, -0.1) is 5.10 Å². The fourth-order valence-electron chi connectivity index (χ4n) is 1.38. The van der Waals surface area contributed by atoms with Gasteiger partial charge >= 0.3 is 0 Å². The van der Waals surface area contributed by atoms with Crippen LogP contribution in [-0.4, -0.2) is 15.0 Å². The molecule has 0 saturated heterocycles. The van der Waals surface area contributed by atoms with E-state index in [0.717, 1.165) is 11.3 Å². The molecule has 5 heteroatoms. The molecule has 80 valence electrons. The van der Waals surface area contributed by atoms with Crippen LogP contribution in [0.3, 0.4) is 0 Å². The SMILES string of the molecule is Cc1c(N)nnn1Cc1ccc(C#N)cc1. The Hall–Kier alpha value is -2.35. The quantitative estimate of drug-likeness (QED) is 0.809. The van der Waals surface area contributed by atoms with Gasteiger partial charge in [0.15, 0.2) is 5.82 Å². The topological polar surface area (TPSA) is 80.5 Å². The summed E-state index contributed by atoms with van der Waals surface area (Å²) in [6, 6.07) is 9.44. The first-order chi connectivity index (χ1) is 7.70. The van der Waals surface area contributed by atoms with Crippen molar-refractivity contribution in [3.05, 3.63) is 41.1 Å². The van der Waals surface area contributed by atoms with Crippen LogP contribution in [0.2, 0.25) is 0 Å². The zero-order chi connectivity index (χ0) is 11.5. The fourth-order valence-corrected chi connectivity index (χ4v) is 1.38. The Kier molecular flexibility index (Phi) is 2.56. The first-order valence-corrected chi connectivity index (χ1v) is 4.85. The zero-order valence-corrected chi connectivity index (χ0v) is 8.88. The maximum atomic E-state index is 8.67. The maximum Gasteiger partial charge on any atom is 0.168 e. The molecule has 0 saturated carbocycles. The second-order valence-corrected chi connectivity index (χ2v) is 3.53. The van der Waals surface area contributed by atoms with E-state index in [-0.39, 0.29) is 0 Å². The van der Waals surface area contributed by atoms with Gasteiger partial charge in [-0.2, -0.15) is 5.26 Å². The summed E-state index contributed by atoms with van der Waals surface area (Å²) in [6.07, 6.45) is 0. The average Bonchev–Trinajstić information content (AvgIpc) is 2.62. The van der Waals surface area contributed by atoms with Crippen LogP contribution in [0.4, 0.5) is 5.82 Å².